The summed E-state index contributed by atoms with van der Waals surface area (Å²) >= 11 is 0. The second-order valence-electron chi connectivity index (χ2n) is 8.18. The fourth-order valence-electron chi connectivity index (χ4n) is 4.77. The Morgan fingerprint density at radius 2 is 1.87 bits per heavy atom. The number of nitrogens with zero attached hydrogens (tertiary/aromatic N) is 1. The monoisotopic (exact) mass is 400 g/mol. The van der Waals surface area contributed by atoms with Crippen LogP contribution in [0.5, 0.6) is 5.75 Å². The molecular weight excluding hydrogens is 376 g/mol. The Morgan fingerprint density at radius 3 is 2.60 bits per heavy atom. The highest BCUT2D eigenvalue weighted by Gasteiger charge is 2.41. The maximum absolute atomic E-state index is 13.5. The number of benzene rings is 2. The number of rotatable bonds is 3. The highest BCUT2D eigenvalue weighted by molar-refractivity contribution is 6.01. The van der Waals surface area contributed by atoms with E-state index >= 15 is 0 Å². The largest absolute Gasteiger partial charge is 0.497 e. The Kier molecular flexibility index (Phi) is 4.46. The standard InChI is InChI=1S/C25H24N2O3/c1-14-5-4-6-17(11-14)23-22-15(2)27-30-25(22)26-20-12-18(13-21(28)24(20)23)16-7-9-19(29-3)10-8-16/h4-11,18,23,26H,12-13H2,1-3H3. The number of hydrogen-bond acceptors (Lipinski definition) is 5. The van der Waals surface area contributed by atoms with E-state index in [4.69, 9.17) is 9.26 Å². The molecule has 1 aromatic heterocycles. The minimum Gasteiger partial charge on any atom is -0.497 e. The summed E-state index contributed by atoms with van der Waals surface area (Å²) in [6, 6.07) is 16.4. The molecule has 0 saturated carbocycles. The second kappa shape index (κ2) is 7.17. The highest BCUT2D eigenvalue weighted by Crippen LogP contribution is 2.49. The smallest absolute Gasteiger partial charge is 0.233 e. The number of hydrogen-bond donors (Lipinski definition) is 1. The molecule has 2 aromatic carbocycles. The lowest BCUT2D eigenvalue weighted by Crippen LogP contribution is -2.29. The van der Waals surface area contributed by atoms with Crippen molar-refractivity contribution in [1.82, 2.24) is 5.16 Å². The van der Waals surface area contributed by atoms with Gasteiger partial charge in [-0.2, -0.15) is 0 Å². The van der Waals surface area contributed by atoms with Gasteiger partial charge in [-0.25, -0.2) is 0 Å². The van der Waals surface area contributed by atoms with Crippen LogP contribution in [0.1, 0.15) is 52.6 Å². The Balaban J connectivity index is 1.59. The SMILES string of the molecule is COc1ccc(C2CC(=O)C3=C(C2)Nc2onc(C)c2C3c2cccc(C)c2)cc1. The first-order valence-corrected chi connectivity index (χ1v) is 10.2. The van der Waals surface area contributed by atoms with Gasteiger partial charge in [0.05, 0.1) is 18.4 Å². The summed E-state index contributed by atoms with van der Waals surface area (Å²) in [4.78, 5) is 13.5. The molecule has 152 valence electrons. The Bertz CT molecular complexity index is 1160. The van der Waals surface area contributed by atoms with Crippen molar-refractivity contribution < 1.29 is 14.1 Å². The van der Waals surface area contributed by atoms with Gasteiger partial charge in [0.15, 0.2) is 5.78 Å². The summed E-state index contributed by atoms with van der Waals surface area (Å²) in [5.41, 5.74) is 7.00. The van der Waals surface area contributed by atoms with Crippen molar-refractivity contribution in [2.24, 2.45) is 0 Å². The molecule has 2 unspecified atom stereocenters. The molecule has 3 aromatic rings. The summed E-state index contributed by atoms with van der Waals surface area (Å²) in [6.45, 7) is 4.01. The molecule has 1 aliphatic heterocycles. The van der Waals surface area contributed by atoms with E-state index in [1.165, 1.54) is 5.56 Å². The molecule has 0 radical (unpaired) electrons. The van der Waals surface area contributed by atoms with Gasteiger partial charge in [0.25, 0.3) is 0 Å². The lowest BCUT2D eigenvalue weighted by Gasteiger charge is -2.34. The average Bonchev–Trinajstić information content (AvgIpc) is 3.12. The quantitative estimate of drug-likeness (QED) is 0.650. The van der Waals surface area contributed by atoms with Crippen molar-refractivity contribution >= 4 is 11.7 Å². The second-order valence-corrected chi connectivity index (χ2v) is 8.18. The molecule has 0 spiro atoms. The predicted molar refractivity (Wildman–Crippen MR) is 115 cm³/mol. The first-order valence-electron chi connectivity index (χ1n) is 10.2. The van der Waals surface area contributed by atoms with Crippen molar-refractivity contribution in [2.45, 2.75) is 38.5 Å². The van der Waals surface area contributed by atoms with E-state index in [0.29, 0.717) is 12.3 Å². The van der Waals surface area contributed by atoms with E-state index in [2.05, 4.69) is 35.6 Å². The van der Waals surface area contributed by atoms with E-state index < -0.39 is 0 Å². The maximum atomic E-state index is 13.5. The summed E-state index contributed by atoms with van der Waals surface area (Å²) in [7, 11) is 1.66. The number of nitrogens with one attached hydrogen (secondary N) is 1. The molecule has 0 amide bonds. The van der Waals surface area contributed by atoms with E-state index in [1.54, 1.807) is 7.11 Å². The number of Topliss-reactive ketones (excluding diaryl/α,β-unsaturated/α-hetero) is 1. The first kappa shape index (κ1) is 18.7. The third-order valence-corrected chi connectivity index (χ3v) is 6.22. The van der Waals surface area contributed by atoms with Crippen molar-refractivity contribution in [1.29, 1.82) is 0 Å². The van der Waals surface area contributed by atoms with Gasteiger partial charge < -0.3 is 14.6 Å². The molecule has 2 atom stereocenters. The number of fused-ring (bicyclic) bond motifs is 1. The number of methoxy groups -OCH3 is 1. The molecular formula is C25H24N2O3. The summed E-state index contributed by atoms with van der Waals surface area (Å²) < 4.78 is 10.9. The van der Waals surface area contributed by atoms with Crippen LogP contribution < -0.4 is 10.1 Å². The van der Waals surface area contributed by atoms with Crippen LogP contribution in [0.2, 0.25) is 0 Å². The summed E-state index contributed by atoms with van der Waals surface area (Å²) in [5.74, 6) is 1.63. The Labute approximate surface area is 175 Å². The van der Waals surface area contributed by atoms with Gasteiger partial charge in [0.2, 0.25) is 5.88 Å². The van der Waals surface area contributed by atoms with Gasteiger partial charge in [-0.05, 0) is 49.4 Å². The average molecular weight is 400 g/mol. The first-order chi connectivity index (χ1) is 14.5. The fraction of sp³-hybridized carbons (Fsp3) is 0.280. The molecule has 1 N–H and O–H groups in total. The van der Waals surface area contributed by atoms with Gasteiger partial charge in [0.1, 0.15) is 5.75 Å². The number of carbonyl (C=O) groups is 1. The highest BCUT2D eigenvalue weighted by atomic mass is 16.5. The zero-order valence-corrected chi connectivity index (χ0v) is 17.4. The zero-order valence-electron chi connectivity index (χ0n) is 17.4. The molecule has 0 saturated heterocycles. The molecule has 5 heteroatoms. The molecule has 2 heterocycles. The van der Waals surface area contributed by atoms with Crippen LogP contribution in [-0.4, -0.2) is 18.0 Å². The molecule has 5 rings (SSSR count). The molecule has 2 aliphatic rings. The van der Waals surface area contributed by atoms with Crippen LogP contribution >= 0.6 is 0 Å². The van der Waals surface area contributed by atoms with Crippen molar-refractivity contribution in [3.63, 3.8) is 0 Å². The zero-order chi connectivity index (χ0) is 20.8. The van der Waals surface area contributed by atoms with Crippen LogP contribution in [0, 0.1) is 13.8 Å². The topological polar surface area (TPSA) is 64.4 Å². The van der Waals surface area contributed by atoms with Crippen molar-refractivity contribution in [3.05, 3.63) is 87.7 Å². The van der Waals surface area contributed by atoms with Gasteiger partial charge in [0, 0.05) is 23.6 Å². The van der Waals surface area contributed by atoms with Gasteiger partial charge in [-0.15, -0.1) is 0 Å². The number of aryl methyl sites for hydroxylation is 2. The minimum atomic E-state index is -0.147. The maximum Gasteiger partial charge on any atom is 0.233 e. The van der Waals surface area contributed by atoms with Gasteiger partial charge >= 0.3 is 0 Å². The third kappa shape index (κ3) is 3.02. The van der Waals surface area contributed by atoms with Crippen molar-refractivity contribution in [2.75, 3.05) is 12.4 Å². The van der Waals surface area contributed by atoms with Crippen LogP contribution in [0.15, 0.2) is 64.3 Å². The van der Waals surface area contributed by atoms with Gasteiger partial charge in [-0.3, -0.25) is 4.79 Å². The van der Waals surface area contributed by atoms with E-state index in [-0.39, 0.29) is 17.6 Å². The van der Waals surface area contributed by atoms with Crippen LogP contribution in [0.3, 0.4) is 0 Å². The molecule has 1 aliphatic carbocycles. The van der Waals surface area contributed by atoms with E-state index in [9.17, 15) is 4.79 Å². The number of ether oxygens (including phenoxy) is 1. The number of anilines is 1. The number of ketones is 1. The van der Waals surface area contributed by atoms with Crippen LogP contribution in [-0.2, 0) is 4.79 Å². The van der Waals surface area contributed by atoms with E-state index in [0.717, 1.165) is 45.8 Å². The molecule has 0 fully saturated rings. The minimum absolute atomic E-state index is 0.124. The normalized spacial score (nSPS) is 20.4. The number of allylic oxidation sites excluding steroid dienone is 2. The number of aromatic nitrogens is 1. The van der Waals surface area contributed by atoms with E-state index in [1.807, 2.05) is 37.3 Å². The third-order valence-electron chi connectivity index (χ3n) is 6.22. The molecule has 30 heavy (non-hydrogen) atoms. The van der Waals surface area contributed by atoms with Gasteiger partial charge in [-0.1, -0.05) is 47.1 Å². The molecule has 5 nitrogen and oxygen atoms in total. The lowest BCUT2D eigenvalue weighted by molar-refractivity contribution is -0.116. The predicted octanol–water partition coefficient (Wildman–Crippen LogP) is 5.26. The number of carbonyl (C=O) groups excluding carboxylic acids is 1. The lowest BCUT2D eigenvalue weighted by atomic mass is 9.72. The Morgan fingerprint density at radius 1 is 1.07 bits per heavy atom. The molecule has 0 bridgehead atoms. The van der Waals surface area contributed by atoms with Crippen LogP contribution in [0.25, 0.3) is 0 Å². The summed E-state index contributed by atoms with van der Waals surface area (Å²) in [6.07, 6.45) is 1.25. The van der Waals surface area contributed by atoms with Crippen molar-refractivity contribution in [3.8, 4) is 5.75 Å². The van der Waals surface area contributed by atoms with Crippen LogP contribution in [0.4, 0.5) is 5.88 Å². The Hall–Kier alpha value is -3.34. The fourth-order valence-corrected chi connectivity index (χ4v) is 4.77. The summed E-state index contributed by atoms with van der Waals surface area (Å²) in [5, 5.41) is 7.58.